The maximum absolute atomic E-state index is 11.9. The topological polar surface area (TPSA) is 75.8 Å². The molecular weight excluding hydrogens is 277 g/mol. The third-order valence-electron chi connectivity index (χ3n) is 2.62. The van der Waals surface area contributed by atoms with Gasteiger partial charge in [-0.1, -0.05) is 0 Å². The molecule has 1 rings (SSSR count). The Hall–Kier alpha value is -1.96. The Labute approximate surface area is 113 Å². The molecule has 0 saturated heterocycles. The van der Waals surface area contributed by atoms with Gasteiger partial charge in [0, 0.05) is 13.1 Å². The lowest BCUT2D eigenvalue weighted by atomic mass is 10.1. The van der Waals surface area contributed by atoms with E-state index in [1.807, 2.05) is 0 Å². The molecule has 20 heavy (non-hydrogen) atoms. The Morgan fingerprint density at radius 2 is 2.10 bits per heavy atom. The van der Waals surface area contributed by atoms with Crippen molar-refractivity contribution in [2.24, 2.45) is 0 Å². The third kappa shape index (κ3) is 4.61. The average molecular weight is 292 g/mol. The largest absolute Gasteiger partial charge is 0.522 e. The van der Waals surface area contributed by atoms with Crippen LogP contribution in [0.4, 0.5) is 24.5 Å². The van der Waals surface area contributed by atoms with Crippen molar-refractivity contribution < 1.29 is 27.8 Å². The predicted molar refractivity (Wildman–Crippen MR) is 67.7 cm³/mol. The van der Waals surface area contributed by atoms with E-state index in [0.717, 1.165) is 0 Å². The second-order valence-corrected chi connectivity index (χ2v) is 3.95. The summed E-state index contributed by atoms with van der Waals surface area (Å²) >= 11 is 0. The number of likely N-dealkylation sites (N-methyl/N-ethyl adjacent to an activating group) is 1. The Bertz CT molecular complexity index is 478. The Morgan fingerprint density at radius 1 is 1.45 bits per heavy atom. The average Bonchev–Trinajstić information content (AvgIpc) is 2.34. The second kappa shape index (κ2) is 6.47. The molecule has 0 heterocycles. The van der Waals surface area contributed by atoms with Gasteiger partial charge >= 0.3 is 12.3 Å². The van der Waals surface area contributed by atoms with E-state index in [2.05, 4.69) is 4.74 Å². The SMILES string of the molecule is CCN(CCOC(F)(F)F)c1ccc(C(=O)O)cc1N. The number of nitrogens with two attached hydrogens (primary N) is 1. The zero-order valence-electron chi connectivity index (χ0n) is 10.8. The number of hydrogen-bond donors (Lipinski definition) is 2. The Morgan fingerprint density at radius 3 is 2.55 bits per heavy atom. The van der Waals surface area contributed by atoms with Crippen LogP contribution in [-0.4, -0.2) is 37.1 Å². The summed E-state index contributed by atoms with van der Waals surface area (Å²) in [6.45, 7) is 1.63. The molecule has 112 valence electrons. The summed E-state index contributed by atoms with van der Waals surface area (Å²) < 4.78 is 39.4. The van der Waals surface area contributed by atoms with E-state index in [0.29, 0.717) is 12.2 Å². The lowest BCUT2D eigenvalue weighted by Crippen LogP contribution is -2.30. The van der Waals surface area contributed by atoms with Crippen molar-refractivity contribution >= 4 is 17.3 Å². The number of nitrogens with zero attached hydrogens (tertiary/aromatic N) is 1. The van der Waals surface area contributed by atoms with Gasteiger partial charge in [0.05, 0.1) is 23.5 Å². The van der Waals surface area contributed by atoms with Crippen LogP contribution in [0.15, 0.2) is 18.2 Å². The maximum Gasteiger partial charge on any atom is 0.522 e. The Balaban J connectivity index is 2.77. The van der Waals surface area contributed by atoms with E-state index in [-0.39, 0.29) is 17.8 Å². The monoisotopic (exact) mass is 292 g/mol. The van der Waals surface area contributed by atoms with Crippen molar-refractivity contribution in [1.82, 2.24) is 0 Å². The molecule has 0 aliphatic heterocycles. The molecule has 3 N–H and O–H groups in total. The lowest BCUT2D eigenvalue weighted by Gasteiger charge is -2.24. The molecule has 0 unspecified atom stereocenters. The predicted octanol–water partition coefficient (Wildman–Crippen LogP) is 2.33. The van der Waals surface area contributed by atoms with Crippen LogP contribution in [0.1, 0.15) is 17.3 Å². The highest BCUT2D eigenvalue weighted by atomic mass is 19.4. The number of halogens is 3. The van der Waals surface area contributed by atoms with Crippen molar-refractivity contribution in [3.05, 3.63) is 23.8 Å². The van der Waals surface area contributed by atoms with Crippen LogP contribution >= 0.6 is 0 Å². The van der Waals surface area contributed by atoms with Crippen molar-refractivity contribution in [1.29, 1.82) is 0 Å². The van der Waals surface area contributed by atoms with E-state index in [1.165, 1.54) is 18.2 Å². The molecule has 0 fully saturated rings. The number of carboxylic acid groups (broad SMARTS) is 1. The fourth-order valence-corrected chi connectivity index (χ4v) is 1.70. The van der Waals surface area contributed by atoms with Gasteiger partial charge in [-0.05, 0) is 25.1 Å². The van der Waals surface area contributed by atoms with E-state index >= 15 is 0 Å². The van der Waals surface area contributed by atoms with Gasteiger partial charge in [-0.3, -0.25) is 4.74 Å². The summed E-state index contributed by atoms with van der Waals surface area (Å²) in [6.07, 6.45) is -4.67. The maximum atomic E-state index is 11.9. The fourth-order valence-electron chi connectivity index (χ4n) is 1.70. The molecule has 0 radical (unpaired) electrons. The normalized spacial score (nSPS) is 11.4. The highest BCUT2D eigenvalue weighted by molar-refractivity contribution is 5.90. The van der Waals surface area contributed by atoms with Gasteiger partial charge in [0.2, 0.25) is 0 Å². The summed E-state index contributed by atoms with van der Waals surface area (Å²) in [7, 11) is 0. The number of anilines is 2. The smallest absolute Gasteiger partial charge is 0.478 e. The van der Waals surface area contributed by atoms with Gasteiger partial charge in [0.15, 0.2) is 0 Å². The van der Waals surface area contributed by atoms with Crippen LogP contribution in [0.25, 0.3) is 0 Å². The zero-order chi connectivity index (χ0) is 15.3. The van der Waals surface area contributed by atoms with Gasteiger partial charge in [0.25, 0.3) is 0 Å². The van der Waals surface area contributed by atoms with Crippen LogP contribution in [-0.2, 0) is 4.74 Å². The summed E-state index contributed by atoms with van der Waals surface area (Å²) in [5.74, 6) is -1.12. The number of alkyl halides is 3. The molecule has 1 aromatic carbocycles. The van der Waals surface area contributed by atoms with Gasteiger partial charge in [0.1, 0.15) is 0 Å². The highest BCUT2D eigenvalue weighted by Gasteiger charge is 2.29. The van der Waals surface area contributed by atoms with Crippen LogP contribution in [0.3, 0.4) is 0 Å². The van der Waals surface area contributed by atoms with Crippen LogP contribution in [0.2, 0.25) is 0 Å². The van der Waals surface area contributed by atoms with Crippen LogP contribution < -0.4 is 10.6 Å². The molecule has 0 aromatic heterocycles. The zero-order valence-corrected chi connectivity index (χ0v) is 10.8. The number of carboxylic acids is 1. The van der Waals surface area contributed by atoms with E-state index < -0.39 is 18.9 Å². The lowest BCUT2D eigenvalue weighted by molar-refractivity contribution is -0.323. The van der Waals surface area contributed by atoms with Gasteiger partial charge in [-0.25, -0.2) is 4.79 Å². The number of carbonyl (C=O) groups is 1. The van der Waals surface area contributed by atoms with E-state index in [1.54, 1.807) is 11.8 Å². The number of benzene rings is 1. The summed E-state index contributed by atoms with van der Waals surface area (Å²) in [5, 5.41) is 8.81. The van der Waals surface area contributed by atoms with Crippen molar-refractivity contribution in [3.8, 4) is 0 Å². The molecule has 0 amide bonds. The molecule has 0 aliphatic carbocycles. The number of ether oxygens (including phenoxy) is 1. The fraction of sp³-hybridized carbons (Fsp3) is 0.417. The first kappa shape index (κ1) is 16.1. The minimum atomic E-state index is -4.67. The number of rotatable bonds is 6. The number of nitrogen functional groups attached to an aromatic ring is 1. The minimum Gasteiger partial charge on any atom is -0.478 e. The summed E-state index contributed by atoms with van der Waals surface area (Å²) in [4.78, 5) is 12.3. The minimum absolute atomic E-state index is 0.00731. The quantitative estimate of drug-likeness (QED) is 0.787. The third-order valence-corrected chi connectivity index (χ3v) is 2.62. The molecule has 8 heteroatoms. The van der Waals surface area contributed by atoms with E-state index in [9.17, 15) is 18.0 Å². The standard InChI is InChI=1S/C12H15F3N2O3/c1-2-17(5-6-20-12(13,14)15)10-4-3-8(11(18)19)7-9(10)16/h3-4,7H,2,5-6,16H2,1H3,(H,18,19). The van der Waals surface area contributed by atoms with Crippen molar-refractivity contribution in [2.75, 3.05) is 30.3 Å². The molecule has 0 saturated carbocycles. The molecule has 0 atom stereocenters. The molecular formula is C12H15F3N2O3. The van der Waals surface area contributed by atoms with Crippen molar-refractivity contribution in [2.45, 2.75) is 13.3 Å². The summed E-state index contributed by atoms with van der Waals surface area (Å²) in [6, 6.07) is 4.09. The highest BCUT2D eigenvalue weighted by Crippen LogP contribution is 2.25. The molecule has 0 aliphatic rings. The van der Waals surface area contributed by atoms with Crippen LogP contribution in [0, 0.1) is 0 Å². The van der Waals surface area contributed by atoms with E-state index in [4.69, 9.17) is 10.8 Å². The second-order valence-electron chi connectivity index (χ2n) is 3.95. The van der Waals surface area contributed by atoms with Gasteiger partial charge < -0.3 is 15.7 Å². The Kier molecular flexibility index (Phi) is 5.20. The first-order valence-electron chi connectivity index (χ1n) is 5.83. The molecule has 0 bridgehead atoms. The number of aromatic carboxylic acids is 1. The van der Waals surface area contributed by atoms with Crippen LogP contribution in [0.5, 0.6) is 0 Å². The summed E-state index contributed by atoms with van der Waals surface area (Å²) in [5.41, 5.74) is 6.42. The number of hydrogen-bond acceptors (Lipinski definition) is 4. The molecule has 1 aromatic rings. The first-order valence-corrected chi connectivity index (χ1v) is 5.83. The molecule has 0 spiro atoms. The van der Waals surface area contributed by atoms with Gasteiger partial charge in [-0.15, -0.1) is 13.2 Å². The van der Waals surface area contributed by atoms with Crippen molar-refractivity contribution in [3.63, 3.8) is 0 Å². The first-order chi connectivity index (χ1) is 9.24. The molecule has 5 nitrogen and oxygen atoms in total. The van der Waals surface area contributed by atoms with Gasteiger partial charge in [-0.2, -0.15) is 0 Å².